The number of benzene rings is 1. The minimum Gasteiger partial charge on any atom is -0.398 e. The molecule has 0 aliphatic rings. The van der Waals surface area contributed by atoms with Crippen molar-refractivity contribution in [3.8, 4) is 0 Å². The number of halogens is 1. The van der Waals surface area contributed by atoms with Crippen molar-refractivity contribution in [3.05, 3.63) is 23.2 Å². The van der Waals surface area contributed by atoms with Gasteiger partial charge >= 0.3 is 11.8 Å². The molecule has 0 atom stereocenters. The molecular weight excluding hydrogens is 304 g/mol. The maximum Gasteiger partial charge on any atom is 0.313 e. The quantitative estimate of drug-likeness (QED) is 0.404. The van der Waals surface area contributed by atoms with E-state index >= 15 is 0 Å². The molecule has 1 aromatic rings. The normalized spacial score (nSPS) is 10.5. The maximum atomic E-state index is 11.7. The van der Waals surface area contributed by atoms with Crippen molar-refractivity contribution in [1.82, 2.24) is 10.2 Å². The number of anilines is 2. The zero-order chi connectivity index (χ0) is 16.5. The molecule has 0 spiro atoms. The van der Waals surface area contributed by atoms with Crippen LogP contribution in [0.2, 0.25) is 5.02 Å². The van der Waals surface area contributed by atoms with Gasteiger partial charge < -0.3 is 21.3 Å². The van der Waals surface area contributed by atoms with Gasteiger partial charge in [0, 0.05) is 12.2 Å². The van der Waals surface area contributed by atoms with Gasteiger partial charge in [-0.25, -0.2) is 0 Å². The Hall–Kier alpha value is -1.79. The van der Waals surface area contributed by atoms with Crippen molar-refractivity contribution < 1.29 is 9.59 Å². The second-order valence-electron chi connectivity index (χ2n) is 4.83. The van der Waals surface area contributed by atoms with Crippen LogP contribution < -0.4 is 16.4 Å². The van der Waals surface area contributed by atoms with E-state index in [1.54, 1.807) is 12.1 Å². The van der Waals surface area contributed by atoms with Gasteiger partial charge in [0.25, 0.3) is 0 Å². The van der Waals surface area contributed by atoms with Gasteiger partial charge in [-0.1, -0.05) is 25.4 Å². The predicted molar refractivity (Wildman–Crippen MR) is 89.9 cm³/mol. The lowest BCUT2D eigenvalue weighted by atomic mass is 10.3. The first-order valence-electron chi connectivity index (χ1n) is 7.34. The lowest BCUT2D eigenvalue weighted by Crippen LogP contribution is -2.37. The summed E-state index contributed by atoms with van der Waals surface area (Å²) in [5.74, 6) is -1.38. The number of hydrogen-bond donors (Lipinski definition) is 3. The molecule has 0 aromatic heterocycles. The van der Waals surface area contributed by atoms with E-state index in [-0.39, 0.29) is 0 Å². The third-order valence-corrected chi connectivity index (χ3v) is 3.62. The van der Waals surface area contributed by atoms with Crippen LogP contribution in [0.5, 0.6) is 0 Å². The lowest BCUT2D eigenvalue weighted by molar-refractivity contribution is -0.136. The number of rotatable bonds is 7. The topological polar surface area (TPSA) is 87.5 Å². The highest BCUT2D eigenvalue weighted by molar-refractivity contribution is 6.40. The molecule has 0 saturated carbocycles. The van der Waals surface area contributed by atoms with Gasteiger partial charge in [0.05, 0.1) is 10.7 Å². The summed E-state index contributed by atoms with van der Waals surface area (Å²) in [6.45, 7) is 7.49. The monoisotopic (exact) mass is 326 g/mol. The Bertz CT molecular complexity index is 518. The highest BCUT2D eigenvalue weighted by Crippen LogP contribution is 2.22. The first kappa shape index (κ1) is 18.3. The third-order valence-electron chi connectivity index (χ3n) is 3.30. The van der Waals surface area contributed by atoms with Crippen molar-refractivity contribution in [2.45, 2.75) is 20.3 Å². The Morgan fingerprint density at radius 3 is 2.50 bits per heavy atom. The Labute approximate surface area is 136 Å². The Morgan fingerprint density at radius 2 is 1.91 bits per heavy atom. The van der Waals surface area contributed by atoms with E-state index in [9.17, 15) is 9.59 Å². The molecule has 2 amide bonds. The number of carbonyl (C=O) groups is 2. The summed E-state index contributed by atoms with van der Waals surface area (Å²) in [6.07, 6.45) is 0.800. The van der Waals surface area contributed by atoms with E-state index in [2.05, 4.69) is 29.4 Å². The molecule has 1 rings (SSSR count). The molecule has 1 aromatic carbocycles. The van der Waals surface area contributed by atoms with Crippen LogP contribution in [0.1, 0.15) is 20.3 Å². The Balaban J connectivity index is 2.36. The van der Waals surface area contributed by atoms with E-state index in [0.717, 1.165) is 26.1 Å². The van der Waals surface area contributed by atoms with Gasteiger partial charge in [0.1, 0.15) is 0 Å². The number of hydrogen-bond acceptors (Lipinski definition) is 4. The fraction of sp³-hybridized carbons (Fsp3) is 0.467. The zero-order valence-corrected chi connectivity index (χ0v) is 13.7. The first-order chi connectivity index (χ1) is 10.5. The van der Waals surface area contributed by atoms with Gasteiger partial charge in [-0.05, 0) is 44.3 Å². The summed E-state index contributed by atoms with van der Waals surface area (Å²) < 4.78 is 0. The molecule has 0 aliphatic heterocycles. The molecule has 0 bridgehead atoms. The molecule has 0 radical (unpaired) electrons. The molecule has 0 unspecified atom stereocenters. The van der Waals surface area contributed by atoms with Gasteiger partial charge in [-0.15, -0.1) is 0 Å². The summed E-state index contributed by atoms with van der Waals surface area (Å²) >= 11 is 5.85. The molecule has 0 fully saturated rings. The van der Waals surface area contributed by atoms with Crippen LogP contribution in [-0.4, -0.2) is 42.9 Å². The van der Waals surface area contributed by atoms with Crippen LogP contribution in [0.25, 0.3) is 0 Å². The van der Waals surface area contributed by atoms with Crippen LogP contribution >= 0.6 is 11.6 Å². The second kappa shape index (κ2) is 9.27. The van der Waals surface area contributed by atoms with Crippen molar-refractivity contribution in [2.75, 3.05) is 37.2 Å². The molecule has 0 heterocycles. The molecule has 22 heavy (non-hydrogen) atoms. The van der Waals surface area contributed by atoms with E-state index < -0.39 is 11.8 Å². The Morgan fingerprint density at radius 1 is 1.23 bits per heavy atom. The molecular formula is C15H23ClN4O2. The van der Waals surface area contributed by atoms with Crippen LogP contribution in [0, 0.1) is 0 Å². The molecule has 6 nitrogen and oxygen atoms in total. The number of nitrogens with one attached hydrogen (secondary N) is 2. The van der Waals surface area contributed by atoms with Crippen molar-refractivity contribution >= 4 is 34.8 Å². The van der Waals surface area contributed by atoms with Crippen LogP contribution in [0.3, 0.4) is 0 Å². The lowest BCUT2D eigenvalue weighted by Gasteiger charge is -2.17. The largest absolute Gasteiger partial charge is 0.398 e. The average Bonchev–Trinajstić information content (AvgIpc) is 2.50. The first-order valence-corrected chi connectivity index (χ1v) is 7.72. The number of nitrogens with zero attached hydrogens (tertiary/aromatic N) is 1. The third kappa shape index (κ3) is 5.91. The van der Waals surface area contributed by atoms with E-state index in [1.165, 1.54) is 6.07 Å². The average molecular weight is 327 g/mol. The smallest absolute Gasteiger partial charge is 0.313 e. The van der Waals surface area contributed by atoms with Gasteiger partial charge in [-0.2, -0.15) is 0 Å². The fourth-order valence-electron chi connectivity index (χ4n) is 1.92. The van der Waals surface area contributed by atoms with Crippen molar-refractivity contribution in [1.29, 1.82) is 0 Å². The van der Waals surface area contributed by atoms with Crippen LogP contribution in [-0.2, 0) is 9.59 Å². The van der Waals surface area contributed by atoms with Gasteiger partial charge in [-0.3, -0.25) is 9.59 Å². The molecule has 7 heteroatoms. The second-order valence-corrected chi connectivity index (χ2v) is 5.23. The minimum absolute atomic E-state index is 0.331. The van der Waals surface area contributed by atoms with Crippen molar-refractivity contribution in [2.24, 2.45) is 0 Å². The minimum atomic E-state index is -0.719. The van der Waals surface area contributed by atoms with E-state index in [4.69, 9.17) is 17.3 Å². The predicted octanol–water partition coefficient (Wildman–Crippen LogP) is 1.71. The summed E-state index contributed by atoms with van der Waals surface area (Å²) in [5.41, 5.74) is 6.43. The molecule has 0 saturated heterocycles. The van der Waals surface area contributed by atoms with E-state index in [1.807, 2.05) is 0 Å². The molecule has 4 N–H and O–H groups in total. The number of nitrogens with two attached hydrogens (primary N) is 1. The molecule has 122 valence electrons. The summed E-state index contributed by atoms with van der Waals surface area (Å²) in [7, 11) is 0. The zero-order valence-electron chi connectivity index (χ0n) is 13.0. The highest BCUT2D eigenvalue weighted by Gasteiger charge is 2.13. The summed E-state index contributed by atoms with van der Waals surface area (Å²) in [6, 6.07) is 4.66. The maximum absolute atomic E-state index is 11.7. The number of amides is 2. The van der Waals surface area contributed by atoms with Gasteiger partial charge in [0.15, 0.2) is 0 Å². The Kier molecular flexibility index (Phi) is 7.70. The summed E-state index contributed by atoms with van der Waals surface area (Å²) in [5, 5.41) is 5.41. The fourth-order valence-corrected chi connectivity index (χ4v) is 2.10. The van der Waals surface area contributed by atoms with E-state index in [0.29, 0.717) is 22.9 Å². The SMILES string of the molecule is CCN(CC)CCCNC(=O)C(=O)Nc1ccc(N)c(Cl)c1. The number of nitrogen functional groups attached to an aromatic ring is 1. The standard InChI is InChI=1S/C15H23ClN4O2/c1-3-20(4-2)9-5-8-18-14(21)15(22)19-11-6-7-13(17)12(16)10-11/h6-7,10H,3-5,8-9,17H2,1-2H3,(H,18,21)(H,19,22). The van der Waals surface area contributed by atoms with Gasteiger partial charge in [0.2, 0.25) is 0 Å². The van der Waals surface area contributed by atoms with Crippen LogP contribution in [0.15, 0.2) is 18.2 Å². The molecule has 0 aliphatic carbocycles. The van der Waals surface area contributed by atoms with Crippen LogP contribution in [0.4, 0.5) is 11.4 Å². The van der Waals surface area contributed by atoms with Crippen molar-refractivity contribution in [3.63, 3.8) is 0 Å². The highest BCUT2D eigenvalue weighted by atomic mass is 35.5. The number of carbonyl (C=O) groups excluding carboxylic acids is 2. The summed E-state index contributed by atoms with van der Waals surface area (Å²) in [4.78, 5) is 25.7.